The van der Waals surface area contributed by atoms with Crippen LogP contribution in [-0.2, 0) is 19.1 Å². The van der Waals surface area contributed by atoms with Crippen LogP contribution in [0.1, 0.15) is 39.0 Å². The van der Waals surface area contributed by atoms with Gasteiger partial charge in [0, 0.05) is 32.1 Å². The van der Waals surface area contributed by atoms with Crippen LogP contribution in [0.15, 0.2) is 0 Å². The third-order valence-corrected chi connectivity index (χ3v) is 5.53. The van der Waals surface area contributed by atoms with Gasteiger partial charge in [0.2, 0.25) is 17.7 Å². The zero-order valence-electron chi connectivity index (χ0n) is 14.3. The summed E-state index contributed by atoms with van der Waals surface area (Å²) >= 11 is 0. The molecule has 3 fully saturated rings. The Morgan fingerprint density at radius 3 is 2.62 bits per heavy atom. The maximum absolute atomic E-state index is 13.1. The van der Waals surface area contributed by atoms with Crippen molar-refractivity contribution in [2.45, 2.75) is 51.1 Å². The SMILES string of the molecule is CC(C(=O)N1CCCCC1C1CCC(=O)NC1=O)N1CCOCC1. The number of rotatable bonds is 3. The topological polar surface area (TPSA) is 79.0 Å². The molecular weight excluding hydrogens is 310 g/mol. The number of nitrogens with one attached hydrogen (secondary N) is 1. The number of likely N-dealkylation sites (tertiary alicyclic amines) is 1. The average molecular weight is 337 g/mol. The van der Waals surface area contributed by atoms with Crippen molar-refractivity contribution in [2.24, 2.45) is 5.92 Å². The standard InChI is InChI=1S/C17H27N3O4/c1-12(19-8-10-24-11-9-19)17(23)20-7-3-2-4-14(20)13-5-6-15(21)18-16(13)22/h12-14H,2-11H2,1H3,(H,18,21,22). The molecule has 0 spiro atoms. The molecule has 0 radical (unpaired) electrons. The van der Waals surface area contributed by atoms with Crippen molar-refractivity contribution < 1.29 is 19.1 Å². The third kappa shape index (κ3) is 3.62. The smallest absolute Gasteiger partial charge is 0.239 e. The number of amides is 3. The number of morpholine rings is 1. The van der Waals surface area contributed by atoms with E-state index in [1.807, 2.05) is 11.8 Å². The van der Waals surface area contributed by atoms with E-state index in [0.717, 1.165) is 32.4 Å². The van der Waals surface area contributed by atoms with Crippen LogP contribution in [-0.4, -0.2) is 72.5 Å². The second-order valence-electron chi connectivity index (χ2n) is 6.98. The fourth-order valence-corrected chi connectivity index (χ4v) is 4.09. The molecule has 0 aromatic heterocycles. The highest BCUT2D eigenvalue weighted by Gasteiger charge is 2.41. The monoisotopic (exact) mass is 337 g/mol. The van der Waals surface area contributed by atoms with Gasteiger partial charge in [0.05, 0.1) is 25.2 Å². The van der Waals surface area contributed by atoms with E-state index in [2.05, 4.69) is 10.2 Å². The van der Waals surface area contributed by atoms with Crippen LogP contribution >= 0.6 is 0 Å². The van der Waals surface area contributed by atoms with E-state index in [4.69, 9.17) is 4.74 Å². The summed E-state index contributed by atoms with van der Waals surface area (Å²) in [7, 11) is 0. The Kier molecular flexibility index (Phi) is 5.50. The van der Waals surface area contributed by atoms with Gasteiger partial charge < -0.3 is 9.64 Å². The number of nitrogens with zero attached hydrogens (tertiary/aromatic N) is 2. The van der Waals surface area contributed by atoms with Gasteiger partial charge in [-0.2, -0.15) is 0 Å². The summed E-state index contributed by atoms with van der Waals surface area (Å²) in [4.78, 5) is 40.8. The first-order valence-corrected chi connectivity index (χ1v) is 9.04. The van der Waals surface area contributed by atoms with E-state index in [1.165, 1.54) is 0 Å². The first-order valence-electron chi connectivity index (χ1n) is 9.04. The Labute approximate surface area is 142 Å². The first-order chi connectivity index (χ1) is 11.6. The van der Waals surface area contributed by atoms with Crippen molar-refractivity contribution in [3.8, 4) is 0 Å². The quantitative estimate of drug-likeness (QED) is 0.741. The van der Waals surface area contributed by atoms with E-state index < -0.39 is 0 Å². The van der Waals surface area contributed by atoms with Crippen molar-refractivity contribution in [3.63, 3.8) is 0 Å². The summed E-state index contributed by atoms with van der Waals surface area (Å²) in [6.45, 7) is 5.51. The lowest BCUT2D eigenvalue weighted by atomic mass is 9.84. The van der Waals surface area contributed by atoms with Crippen LogP contribution in [0.3, 0.4) is 0 Å². The Morgan fingerprint density at radius 1 is 1.17 bits per heavy atom. The largest absolute Gasteiger partial charge is 0.379 e. The Hall–Kier alpha value is -1.47. The highest BCUT2D eigenvalue weighted by atomic mass is 16.5. The normalized spacial score (nSPS) is 30.8. The summed E-state index contributed by atoms with van der Waals surface area (Å²) in [5.41, 5.74) is 0. The molecule has 134 valence electrons. The number of ether oxygens (including phenoxy) is 1. The molecule has 3 unspecified atom stereocenters. The van der Waals surface area contributed by atoms with Gasteiger partial charge in [0.1, 0.15) is 0 Å². The van der Waals surface area contributed by atoms with Crippen molar-refractivity contribution in [2.75, 3.05) is 32.8 Å². The summed E-state index contributed by atoms with van der Waals surface area (Å²) in [6.07, 6.45) is 3.76. The lowest BCUT2D eigenvalue weighted by molar-refractivity contribution is -0.147. The second kappa shape index (κ2) is 7.61. The molecule has 3 atom stereocenters. The van der Waals surface area contributed by atoms with Gasteiger partial charge in [-0.15, -0.1) is 0 Å². The van der Waals surface area contributed by atoms with Crippen molar-refractivity contribution >= 4 is 17.7 Å². The van der Waals surface area contributed by atoms with Crippen LogP contribution < -0.4 is 5.32 Å². The molecule has 0 bridgehead atoms. The third-order valence-electron chi connectivity index (χ3n) is 5.53. The van der Waals surface area contributed by atoms with Gasteiger partial charge in [-0.25, -0.2) is 0 Å². The molecule has 1 N–H and O–H groups in total. The van der Waals surface area contributed by atoms with Gasteiger partial charge in [-0.1, -0.05) is 0 Å². The number of hydrogen-bond acceptors (Lipinski definition) is 5. The lowest BCUT2D eigenvalue weighted by Crippen LogP contribution is -2.58. The van der Waals surface area contributed by atoms with Gasteiger partial charge in [-0.05, 0) is 32.6 Å². The Bertz CT molecular complexity index is 504. The molecule has 3 rings (SSSR count). The maximum Gasteiger partial charge on any atom is 0.239 e. The van der Waals surface area contributed by atoms with Gasteiger partial charge in [0.25, 0.3) is 0 Å². The van der Waals surface area contributed by atoms with E-state index in [0.29, 0.717) is 32.6 Å². The van der Waals surface area contributed by atoms with Crippen molar-refractivity contribution in [1.29, 1.82) is 0 Å². The fourth-order valence-electron chi connectivity index (χ4n) is 4.09. The predicted molar refractivity (Wildman–Crippen MR) is 87.1 cm³/mol. The van der Waals surface area contributed by atoms with E-state index in [1.54, 1.807) is 0 Å². The minimum absolute atomic E-state index is 0.0807. The molecular formula is C17H27N3O4. The lowest BCUT2D eigenvalue weighted by Gasteiger charge is -2.43. The van der Waals surface area contributed by atoms with Gasteiger partial charge in [0.15, 0.2) is 0 Å². The number of imide groups is 1. The highest BCUT2D eigenvalue weighted by Crippen LogP contribution is 2.29. The zero-order valence-corrected chi connectivity index (χ0v) is 14.3. The fraction of sp³-hybridized carbons (Fsp3) is 0.824. The maximum atomic E-state index is 13.1. The first kappa shape index (κ1) is 17.4. The van der Waals surface area contributed by atoms with Gasteiger partial charge in [-0.3, -0.25) is 24.6 Å². The molecule has 3 saturated heterocycles. The molecule has 0 aromatic rings. The number of carbonyl (C=O) groups is 3. The molecule has 3 heterocycles. The predicted octanol–water partition coefficient (Wildman–Crippen LogP) is 0.141. The molecule has 7 heteroatoms. The summed E-state index contributed by atoms with van der Waals surface area (Å²) < 4.78 is 5.36. The minimum atomic E-state index is -0.260. The molecule has 0 saturated carbocycles. The molecule has 3 amide bonds. The van der Waals surface area contributed by atoms with E-state index in [-0.39, 0.29) is 35.7 Å². The Balaban J connectivity index is 1.70. The number of piperidine rings is 2. The van der Waals surface area contributed by atoms with Crippen LogP contribution in [0, 0.1) is 5.92 Å². The summed E-state index contributed by atoms with van der Waals surface area (Å²) in [5.74, 6) is -0.572. The van der Waals surface area contributed by atoms with Gasteiger partial charge >= 0.3 is 0 Å². The van der Waals surface area contributed by atoms with Crippen LogP contribution in [0.5, 0.6) is 0 Å². The second-order valence-corrected chi connectivity index (χ2v) is 6.98. The highest BCUT2D eigenvalue weighted by molar-refractivity contribution is 5.99. The average Bonchev–Trinajstić information content (AvgIpc) is 2.61. The van der Waals surface area contributed by atoms with Crippen molar-refractivity contribution in [3.05, 3.63) is 0 Å². The van der Waals surface area contributed by atoms with Crippen LogP contribution in [0.4, 0.5) is 0 Å². The molecule has 7 nitrogen and oxygen atoms in total. The van der Waals surface area contributed by atoms with Crippen molar-refractivity contribution in [1.82, 2.24) is 15.1 Å². The summed E-state index contributed by atoms with van der Waals surface area (Å²) in [6, 6.07) is -0.273. The summed E-state index contributed by atoms with van der Waals surface area (Å²) in [5, 5.41) is 2.44. The Morgan fingerprint density at radius 2 is 1.92 bits per heavy atom. The van der Waals surface area contributed by atoms with E-state index >= 15 is 0 Å². The molecule has 3 aliphatic heterocycles. The molecule has 0 aromatic carbocycles. The minimum Gasteiger partial charge on any atom is -0.379 e. The zero-order chi connectivity index (χ0) is 17.1. The van der Waals surface area contributed by atoms with Crippen LogP contribution in [0.25, 0.3) is 0 Å². The molecule has 3 aliphatic rings. The van der Waals surface area contributed by atoms with Crippen LogP contribution in [0.2, 0.25) is 0 Å². The number of carbonyl (C=O) groups excluding carboxylic acids is 3. The molecule has 0 aliphatic carbocycles. The molecule has 24 heavy (non-hydrogen) atoms. The number of hydrogen-bond donors (Lipinski definition) is 1. The van der Waals surface area contributed by atoms with E-state index in [9.17, 15) is 14.4 Å².